The summed E-state index contributed by atoms with van der Waals surface area (Å²) in [5, 5.41) is 3.17. The van der Waals surface area contributed by atoms with E-state index in [1.54, 1.807) is 18.8 Å². The molecule has 0 aromatic heterocycles. The Kier molecular flexibility index (Phi) is 4.96. The zero-order valence-corrected chi connectivity index (χ0v) is 12.6. The lowest BCUT2D eigenvalue weighted by Gasteiger charge is -2.20. The smallest absolute Gasteiger partial charge is 0.309 e. The Morgan fingerprint density at radius 1 is 1.00 bits per heavy atom. The number of rotatable bonds is 4. The molecular formula is C16H16F3NS. The molecule has 5 heteroatoms. The van der Waals surface area contributed by atoms with Crippen LogP contribution in [0.2, 0.25) is 0 Å². The Balaban J connectivity index is 2.38. The lowest BCUT2D eigenvalue weighted by Crippen LogP contribution is -2.18. The van der Waals surface area contributed by atoms with Crippen molar-refractivity contribution in [2.75, 3.05) is 13.3 Å². The summed E-state index contributed by atoms with van der Waals surface area (Å²) in [4.78, 5) is 1.11. The number of halogens is 3. The van der Waals surface area contributed by atoms with Crippen molar-refractivity contribution in [2.24, 2.45) is 0 Å². The van der Waals surface area contributed by atoms with Gasteiger partial charge in [0.15, 0.2) is 0 Å². The molecule has 0 amide bonds. The van der Waals surface area contributed by atoms with Crippen LogP contribution in [0.25, 0.3) is 0 Å². The highest BCUT2D eigenvalue weighted by Gasteiger charge is 2.30. The Morgan fingerprint density at radius 2 is 1.62 bits per heavy atom. The summed E-state index contributed by atoms with van der Waals surface area (Å²) in [7, 11) is 1.81. The molecule has 0 fully saturated rings. The zero-order valence-electron chi connectivity index (χ0n) is 11.7. The SMILES string of the molecule is CNC(c1ccc(C(F)(F)F)cc1)c1ccccc1SC. The van der Waals surface area contributed by atoms with Crippen LogP contribution in [0.5, 0.6) is 0 Å². The summed E-state index contributed by atoms with van der Waals surface area (Å²) in [5.41, 5.74) is 1.25. The fourth-order valence-corrected chi connectivity index (χ4v) is 2.91. The van der Waals surface area contributed by atoms with Gasteiger partial charge in [0, 0.05) is 4.90 Å². The second-order valence-electron chi connectivity index (χ2n) is 4.58. The van der Waals surface area contributed by atoms with Crippen LogP contribution in [-0.4, -0.2) is 13.3 Å². The Hall–Kier alpha value is -1.46. The van der Waals surface area contributed by atoms with Crippen molar-refractivity contribution in [3.05, 3.63) is 65.2 Å². The van der Waals surface area contributed by atoms with E-state index in [1.807, 2.05) is 30.5 Å². The molecule has 0 saturated carbocycles. The van der Waals surface area contributed by atoms with Crippen LogP contribution in [0.4, 0.5) is 13.2 Å². The predicted molar refractivity (Wildman–Crippen MR) is 80.6 cm³/mol. The number of hydrogen-bond donors (Lipinski definition) is 1. The molecule has 0 saturated heterocycles. The average Bonchev–Trinajstić information content (AvgIpc) is 2.48. The van der Waals surface area contributed by atoms with Gasteiger partial charge < -0.3 is 5.32 Å². The molecule has 0 aliphatic heterocycles. The number of alkyl halides is 3. The van der Waals surface area contributed by atoms with Crippen LogP contribution < -0.4 is 5.32 Å². The maximum absolute atomic E-state index is 12.6. The molecule has 0 bridgehead atoms. The molecule has 112 valence electrons. The van der Waals surface area contributed by atoms with Gasteiger partial charge in [0.2, 0.25) is 0 Å². The number of nitrogens with one attached hydrogen (secondary N) is 1. The lowest BCUT2D eigenvalue weighted by atomic mass is 9.97. The van der Waals surface area contributed by atoms with E-state index >= 15 is 0 Å². The quantitative estimate of drug-likeness (QED) is 0.819. The minimum Gasteiger partial charge on any atom is -0.309 e. The Bertz CT molecular complexity index is 593. The highest BCUT2D eigenvalue weighted by atomic mass is 32.2. The standard InChI is InChI=1S/C16H16F3NS/c1-20-15(13-5-3-4-6-14(13)21-2)11-7-9-12(10-8-11)16(17,18)19/h3-10,15,20H,1-2H3. The first kappa shape index (κ1) is 15.9. The van der Waals surface area contributed by atoms with Crippen LogP contribution in [0.15, 0.2) is 53.4 Å². The van der Waals surface area contributed by atoms with Gasteiger partial charge >= 0.3 is 6.18 Å². The number of hydrogen-bond acceptors (Lipinski definition) is 2. The molecule has 0 radical (unpaired) electrons. The molecule has 21 heavy (non-hydrogen) atoms. The molecule has 0 aliphatic rings. The fourth-order valence-electron chi connectivity index (χ4n) is 2.27. The average molecular weight is 311 g/mol. The maximum Gasteiger partial charge on any atom is 0.416 e. The van der Waals surface area contributed by atoms with Crippen LogP contribution in [0, 0.1) is 0 Å². The van der Waals surface area contributed by atoms with Gasteiger partial charge in [-0.1, -0.05) is 30.3 Å². The van der Waals surface area contributed by atoms with Crippen LogP contribution in [0.3, 0.4) is 0 Å². The summed E-state index contributed by atoms with van der Waals surface area (Å²) >= 11 is 1.62. The van der Waals surface area contributed by atoms with E-state index in [-0.39, 0.29) is 6.04 Å². The van der Waals surface area contributed by atoms with Crippen molar-refractivity contribution in [3.63, 3.8) is 0 Å². The van der Waals surface area contributed by atoms with E-state index in [4.69, 9.17) is 0 Å². The van der Waals surface area contributed by atoms with Gasteiger partial charge in [0.1, 0.15) is 0 Å². The summed E-state index contributed by atoms with van der Waals surface area (Å²) in [6, 6.07) is 13.1. The van der Waals surface area contributed by atoms with Gasteiger partial charge in [0.25, 0.3) is 0 Å². The first-order valence-corrected chi connectivity index (χ1v) is 7.67. The highest BCUT2D eigenvalue weighted by molar-refractivity contribution is 7.98. The molecule has 2 aromatic carbocycles. The normalized spacial score (nSPS) is 13.2. The van der Waals surface area contributed by atoms with Gasteiger partial charge in [-0.15, -0.1) is 11.8 Å². The van der Waals surface area contributed by atoms with Crippen molar-refractivity contribution in [1.29, 1.82) is 0 Å². The minimum atomic E-state index is -4.30. The van der Waals surface area contributed by atoms with Crippen molar-refractivity contribution in [1.82, 2.24) is 5.32 Å². The van der Waals surface area contributed by atoms with E-state index in [9.17, 15) is 13.2 Å². The minimum absolute atomic E-state index is 0.129. The van der Waals surface area contributed by atoms with Crippen molar-refractivity contribution < 1.29 is 13.2 Å². The predicted octanol–water partition coefficient (Wildman–Crippen LogP) is 4.74. The fraction of sp³-hybridized carbons (Fsp3) is 0.250. The summed E-state index contributed by atoms with van der Waals surface area (Å²) < 4.78 is 37.9. The molecule has 1 N–H and O–H groups in total. The molecule has 2 aromatic rings. The lowest BCUT2D eigenvalue weighted by molar-refractivity contribution is -0.137. The number of thioether (sulfide) groups is 1. The second kappa shape index (κ2) is 6.54. The number of benzene rings is 2. The largest absolute Gasteiger partial charge is 0.416 e. The first-order chi connectivity index (χ1) is 9.97. The van der Waals surface area contributed by atoms with E-state index in [0.29, 0.717) is 0 Å². The summed E-state index contributed by atoms with van der Waals surface area (Å²) in [5.74, 6) is 0. The van der Waals surface area contributed by atoms with E-state index in [0.717, 1.165) is 28.2 Å². The van der Waals surface area contributed by atoms with Gasteiger partial charge in [-0.3, -0.25) is 0 Å². The van der Waals surface area contributed by atoms with Crippen LogP contribution in [-0.2, 0) is 6.18 Å². The molecule has 0 aliphatic carbocycles. The third-order valence-corrected chi connectivity index (χ3v) is 4.12. The highest BCUT2D eigenvalue weighted by Crippen LogP contribution is 2.33. The molecule has 0 heterocycles. The first-order valence-electron chi connectivity index (χ1n) is 6.44. The van der Waals surface area contributed by atoms with Gasteiger partial charge in [0.05, 0.1) is 11.6 Å². The molecular weight excluding hydrogens is 295 g/mol. The summed E-state index contributed by atoms with van der Waals surface area (Å²) in [6.07, 6.45) is -2.32. The summed E-state index contributed by atoms with van der Waals surface area (Å²) in [6.45, 7) is 0. The van der Waals surface area contributed by atoms with E-state index < -0.39 is 11.7 Å². The topological polar surface area (TPSA) is 12.0 Å². The molecule has 1 nitrogen and oxygen atoms in total. The third-order valence-electron chi connectivity index (χ3n) is 3.31. The van der Waals surface area contributed by atoms with Gasteiger partial charge in [-0.25, -0.2) is 0 Å². The van der Waals surface area contributed by atoms with Crippen molar-refractivity contribution in [2.45, 2.75) is 17.1 Å². The molecule has 1 unspecified atom stereocenters. The molecule has 1 atom stereocenters. The van der Waals surface area contributed by atoms with Crippen molar-refractivity contribution in [3.8, 4) is 0 Å². The zero-order chi connectivity index (χ0) is 15.5. The van der Waals surface area contributed by atoms with Crippen LogP contribution >= 0.6 is 11.8 Å². The molecule has 0 spiro atoms. The Labute approximate surface area is 126 Å². The van der Waals surface area contributed by atoms with Crippen molar-refractivity contribution >= 4 is 11.8 Å². The maximum atomic E-state index is 12.6. The van der Waals surface area contributed by atoms with Gasteiger partial charge in [-0.05, 0) is 42.6 Å². The Morgan fingerprint density at radius 3 is 2.14 bits per heavy atom. The van der Waals surface area contributed by atoms with E-state index in [1.165, 1.54) is 12.1 Å². The van der Waals surface area contributed by atoms with E-state index in [2.05, 4.69) is 5.32 Å². The molecule has 2 rings (SSSR count). The van der Waals surface area contributed by atoms with Crippen LogP contribution in [0.1, 0.15) is 22.7 Å². The monoisotopic (exact) mass is 311 g/mol. The van der Waals surface area contributed by atoms with Gasteiger partial charge in [-0.2, -0.15) is 13.2 Å². The second-order valence-corrected chi connectivity index (χ2v) is 5.43. The third kappa shape index (κ3) is 3.60.